The van der Waals surface area contributed by atoms with Crippen molar-refractivity contribution in [3.8, 4) is 17.2 Å². The summed E-state index contributed by atoms with van der Waals surface area (Å²) in [6.07, 6.45) is 5.19. The molecule has 0 amide bonds. The van der Waals surface area contributed by atoms with Crippen molar-refractivity contribution in [2.75, 3.05) is 5.75 Å². The lowest BCUT2D eigenvalue weighted by Gasteiger charge is -2.21. The third kappa shape index (κ3) is 2.92. The first-order valence-corrected chi connectivity index (χ1v) is 9.36. The average molecular weight is 333 g/mol. The normalized spacial score (nSPS) is 20.2. The number of benzene rings is 2. The first-order valence-electron chi connectivity index (χ1n) is 8.37. The van der Waals surface area contributed by atoms with Gasteiger partial charge in [-0.3, -0.25) is 0 Å². The number of nitriles is 1. The predicted molar refractivity (Wildman–Crippen MR) is 100 cm³/mol. The summed E-state index contributed by atoms with van der Waals surface area (Å²) in [6, 6.07) is 18.1. The van der Waals surface area contributed by atoms with Crippen molar-refractivity contribution in [2.45, 2.75) is 31.2 Å². The number of nitrogens with zero attached hydrogens (tertiary/aromatic N) is 2. The fraction of sp³-hybridized carbons (Fsp3) is 0.300. The summed E-state index contributed by atoms with van der Waals surface area (Å²) in [5.74, 6) is 1.14. The Balaban J connectivity index is 1.55. The highest BCUT2D eigenvalue weighted by Gasteiger charge is 2.39. The molecule has 1 saturated heterocycles. The van der Waals surface area contributed by atoms with Gasteiger partial charge in [0, 0.05) is 11.3 Å². The van der Waals surface area contributed by atoms with Crippen molar-refractivity contribution in [2.24, 2.45) is 4.99 Å². The van der Waals surface area contributed by atoms with Crippen LogP contribution in [-0.2, 0) is 0 Å². The molecule has 1 N–H and O–H groups in total. The molecule has 0 radical (unpaired) electrons. The van der Waals surface area contributed by atoms with Crippen LogP contribution in [0, 0.1) is 11.3 Å². The number of amidine groups is 1. The highest BCUT2D eigenvalue weighted by atomic mass is 32.2. The Kier molecular flexibility index (Phi) is 4.03. The van der Waals surface area contributed by atoms with Gasteiger partial charge >= 0.3 is 0 Å². The standard InChI is InChI=1S/C20H19N3S/c21-13-16-5-1-2-6-18(16)15-7-9-17(10-8-15)22-19-23-20(14-24-19)11-3-4-12-20/h1-2,5-10H,3-4,11-12,14H2,(H,22,23). The van der Waals surface area contributed by atoms with Gasteiger partial charge < -0.3 is 5.32 Å². The second-order valence-corrected chi connectivity index (χ2v) is 7.49. The van der Waals surface area contributed by atoms with E-state index in [1.807, 2.05) is 60.3 Å². The fourth-order valence-electron chi connectivity index (χ4n) is 3.55. The molecule has 4 rings (SSSR count). The lowest BCUT2D eigenvalue weighted by atomic mass is 10.0. The Bertz CT molecular complexity index is 812. The van der Waals surface area contributed by atoms with Gasteiger partial charge in [0.2, 0.25) is 0 Å². The van der Waals surface area contributed by atoms with E-state index < -0.39 is 0 Å². The smallest absolute Gasteiger partial charge is 0.162 e. The zero-order valence-corrected chi connectivity index (χ0v) is 14.3. The van der Waals surface area contributed by atoms with Gasteiger partial charge in [-0.15, -0.1) is 0 Å². The quantitative estimate of drug-likeness (QED) is 0.853. The van der Waals surface area contributed by atoms with E-state index in [9.17, 15) is 5.26 Å². The van der Waals surface area contributed by atoms with Crippen LogP contribution in [0.15, 0.2) is 53.5 Å². The highest BCUT2D eigenvalue weighted by Crippen LogP contribution is 2.38. The molecule has 1 saturated carbocycles. The van der Waals surface area contributed by atoms with Crippen LogP contribution < -0.4 is 5.32 Å². The van der Waals surface area contributed by atoms with E-state index in [2.05, 4.69) is 11.4 Å². The Morgan fingerprint density at radius 1 is 1.04 bits per heavy atom. The Morgan fingerprint density at radius 3 is 2.54 bits per heavy atom. The van der Waals surface area contributed by atoms with Gasteiger partial charge in [-0.1, -0.05) is 54.9 Å². The Labute approximate surface area is 146 Å². The van der Waals surface area contributed by atoms with Crippen molar-refractivity contribution in [1.82, 2.24) is 5.32 Å². The van der Waals surface area contributed by atoms with Gasteiger partial charge in [0.1, 0.15) is 0 Å². The van der Waals surface area contributed by atoms with E-state index in [4.69, 9.17) is 4.99 Å². The summed E-state index contributed by atoms with van der Waals surface area (Å²) in [7, 11) is 0. The van der Waals surface area contributed by atoms with Crippen LogP contribution in [0.4, 0.5) is 5.69 Å². The maximum atomic E-state index is 9.24. The van der Waals surface area contributed by atoms with E-state index in [0.29, 0.717) is 11.1 Å². The summed E-state index contributed by atoms with van der Waals surface area (Å²) < 4.78 is 0. The lowest BCUT2D eigenvalue weighted by molar-refractivity contribution is 0.453. The topological polar surface area (TPSA) is 48.2 Å². The van der Waals surface area contributed by atoms with Crippen LogP contribution in [0.2, 0.25) is 0 Å². The fourth-order valence-corrected chi connectivity index (χ4v) is 4.78. The Hall–Kier alpha value is -2.25. The minimum absolute atomic E-state index is 0.301. The summed E-state index contributed by atoms with van der Waals surface area (Å²) in [4.78, 5) is 4.76. The van der Waals surface area contributed by atoms with Crippen molar-refractivity contribution in [1.29, 1.82) is 5.26 Å². The minimum atomic E-state index is 0.301. The van der Waals surface area contributed by atoms with E-state index in [0.717, 1.165) is 27.7 Å². The maximum Gasteiger partial charge on any atom is 0.162 e. The summed E-state index contributed by atoms with van der Waals surface area (Å²) >= 11 is 1.84. The molecule has 120 valence electrons. The van der Waals surface area contributed by atoms with Crippen molar-refractivity contribution in [3.63, 3.8) is 0 Å². The third-order valence-electron chi connectivity index (χ3n) is 4.87. The van der Waals surface area contributed by atoms with E-state index in [-0.39, 0.29) is 0 Å². The van der Waals surface area contributed by atoms with Crippen LogP contribution >= 0.6 is 11.8 Å². The van der Waals surface area contributed by atoms with E-state index >= 15 is 0 Å². The number of hydrogen-bond acceptors (Lipinski definition) is 3. The lowest BCUT2D eigenvalue weighted by Crippen LogP contribution is -2.40. The van der Waals surface area contributed by atoms with Crippen LogP contribution in [0.1, 0.15) is 31.2 Å². The molecule has 0 bridgehead atoms. The van der Waals surface area contributed by atoms with Crippen LogP contribution in [0.25, 0.3) is 11.1 Å². The van der Waals surface area contributed by atoms with Crippen LogP contribution in [-0.4, -0.2) is 16.5 Å². The summed E-state index contributed by atoms with van der Waals surface area (Å²) in [5.41, 5.74) is 3.98. The second kappa shape index (κ2) is 6.33. The molecular weight excluding hydrogens is 314 g/mol. The molecule has 24 heavy (non-hydrogen) atoms. The molecular formula is C20H19N3S. The second-order valence-electron chi connectivity index (χ2n) is 6.52. The first kappa shape index (κ1) is 15.3. The van der Waals surface area contributed by atoms with Gasteiger partial charge in [-0.2, -0.15) is 5.26 Å². The Morgan fingerprint density at radius 2 is 1.79 bits per heavy atom. The van der Waals surface area contributed by atoms with Crippen molar-refractivity contribution < 1.29 is 0 Å². The summed E-state index contributed by atoms with van der Waals surface area (Å²) in [5, 5.41) is 13.9. The first-order chi connectivity index (χ1) is 11.8. The highest BCUT2D eigenvalue weighted by molar-refractivity contribution is 8.14. The van der Waals surface area contributed by atoms with Gasteiger partial charge in [0.25, 0.3) is 0 Å². The van der Waals surface area contributed by atoms with Crippen LogP contribution in [0.3, 0.4) is 0 Å². The van der Waals surface area contributed by atoms with Crippen molar-refractivity contribution in [3.05, 3.63) is 54.1 Å². The molecule has 2 aromatic rings. The monoisotopic (exact) mass is 333 g/mol. The number of rotatable bonds is 2. The number of thioether (sulfide) groups is 1. The molecule has 0 atom stereocenters. The maximum absolute atomic E-state index is 9.24. The average Bonchev–Trinajstić information content (AvgIpc) is 3.25. The van der Waals surface area contributed by atoms with Gasteiger partial charge in [-0.25, -0.2) is 4.99 Å². The molecule has 0 aromatic heterocycles. The molecule has 1 aliphatic heterocycles. The SMILES string of the molecule is N#Cc1ccccc1-c1ccc(/N=C2\NC3(CCCC3)CS2)cc1. The minimum Gasteiger partial charge on any atom is -0.358 e. The molecule has 3 nitrogen and oxygen atoms in total. The van der Waals surface area contributed by atoms with E-state index in [1.54, 1.807) is 0 Å². The molecule has 1 heterocycles. The largest absolute Gasteiger partial charge is 0.358 e. The molecule has 0 unspecified atom stereocenters. The molecule has 1 spiro atoms. The zero-order valence-electron chi connectivity index (χ0n) is 13.5. The number of aliphatic imine (C=N–C) groups is 1. The zero-order chi connectivity index (χ0) is 16.4. The molecule has 1 aliphatic carbocycles. The number of nitrogens with one attached hydrogen (secondary N) is 1. The molecule has 2 aliphatic rings. The van der Waals surface area contributed by atoms with Gasteiger partial charge in [-0.05, 0) is 42.2 Å². The van der Waals surface area contributed by atoms with Crippen LogP contribution in [0.5, 0.6) is 0 Å². The molecule has 4 heteroatoms. The van der Waals surface area contributed by atoms with Crippen molar-refractivity contribution >= 4 is 22.6 Å². The molecule has 2 aromatic carbocycles. The third-order valence-corrected chi connectivity index (χ3v) is 6.04. The van der Waals surface area contributed by atoms with Gasteiger partial charge in [0.05, 0.1) is 17.3 Å². The van der Waals surface area contributed by atoms with Gasteiger partial charge in [0.15, 0.2) is 5.17 Å². The predicted octanol–water partition coefficient (Wildman–Crippen LogP) is 4.86. The van der Waals surface area contributed by atoms with E-state index in [1.165, 1.54) is 25.7 Å². The summed E-state index contributed by atoms with van der Waals surface area (Å²) in [6.45, 7) is 0. The number of hydrogen-bond donors (Lipinski definition) is 1. The molecule has 2 fully saturated rings.